The molecular formula is C25H19N3O3. The minimum atomic E-state index is -0.586. The van der Waals surface area contributed by atoms with Crippen molar-refractivity contribution in [3.8, 4) is 5.75 Å². The monoisotopic (exact) mass is 409 g/mol. The lowest BCUT2D eigenvalue weighted by Crippen LogP contribution is -2.31. The molecule has 0 aliphatic carbocycles. The summed E-state index contributed by atoms with van der Waals surface area (Å²) in [4.78, 5) is 29.8. The Bertz CT molecular complexity index is 1280. The topological polar surface area (TPSA) is 80.3 Å². The van der Waals surface area contributed by atoms with Crippen LogP contribution in [-0.2, 0) is 11.2 Å². The summed E-state index contributed by atoms with van der Waals surface area (Å²) < 4.78 is 5.73. The van der Waals surface area contributed by atoms with Crippen LogP contribution in [0.4, 0.5) is 11.5 Å². The number of rotatable bonds is 4. The molecule has 0 saturated heterocycles. The van der Waals surface area contributed by atoms with Crippen molar-refractivity contribution in [2.24, 2.45) is 0 Å². The molecule has 0 bridgehead atoms. The van der Waals surface area contributed by atoms with Crippen LogP contribution in [0.1, 0.15) is 15.9 Å². The van der Waals surface area contributed by atoms with Crippen LogP contribution < -0.4 is 15.4 Å². The fraction of sp³-hybridized carbons (Fsp3) is 0.0800. The number of hydrogen-bond acceptors (Lipinski definition) is 4. The molecule has 1 unspecified atom stereocenters. The van der Waals surface area contributed by atoms with Gasteiger partial charge in [0.25, 0.3) is 11.8 Å². The van der Waals surface area contributed by atoms with Gasteiger partial charge in [-0.25, -0.2) is 4.98 Å². The average molecular weight is 409 g/mol. The molecule has 152 valence electrons. The number of amides is 2. The zero-order valence-corrected chi connectivity index (χ0v) is 16.5. The van der Waals surface area contributed by atoms with Crippen LogP contribution in [0.2, 0.25) is 0 Å². The molecule has 1 aliphatic heterocycles. The largest absolute Gasteiger partial charge is 0.480 e. The lowest BCUT2D eigenvalue weighted by molar-refractivity contribution is -0.122. The summed E-state index contributed by atoms with van der Waals surface area (Å²) in [5.74, 6) is 0.655. The first-order valence-corrected chi connectivity index (χ1v) is 9.98. The van der Waals surface area contributed by atoms with Gasteiger partial charge in [-0.3, -0.25) is 9.59 Å². The zero-order chi connectivity index (χ0) is 21.2. The number of anilines is 2. The van der Waals surface area contributed by atoms with Crippen molar-refractivity contribution >= 4 is 34.2 Å². The van der Waals surface area contributed by atoms with Crippen LogP contribution in [0.3, 0.4) is 0 Å². The molecule has 1 aromatic heterocycles. The highest BCUT2D eigenvalue weighted by Crippen LogP contribution is 2.28. The highest BCUT2D eigenvalue weighted by atomic mass is 16.5. The zero-order valence-electron chi connectivity index (χ0n) is 16.5. The van der Waals surface area contributed by atoms with Crippen LogP contribution in [0.25, 0.3) is 10.9 Å². The molecule has 2 heterocycles. The van der Waals surface area contributed by atoms with E-state index in [0.717, 1.165) is 22.2 Å². The van der Waals surface area contributed by atoms with Crippen LogP contribution in [0.5, 0.6) is 5.75 Å². The molecular weight excluding hydrogens is 390 g/mol. The molecule has 6 nitrogen and oxygen atoms in total. The van der Waals surface area contributed by atoms with Gasteiger partial charge in [0.1, 0.15) is 11.6 Å². The second-order valence-electron chi connectivity index (χ2n) is 7.33. The number of para-hydroxylation sites is 2. The summed E-state index contributed by atoms with van der Waals surface area (Å²) in [5.41, 5.74) is 2.77. The van der Waals surface area contributed by atoms with Gasteiger partial charge in [-0.15, -0.1) is 0 Å². The summed E-state index contributed by atoms with van der Waals surface area (Å²) in [6, 6.07) is 25.8. The summed E-state index contributed by atoms with van der Waals surface area (Å²) in [6.45, 7) is 0. The second-order valence-corrected chi connectivity index (χ2v) is 7.33. The predicted molar refractivity (Wildman–Crippen MR) is 119 cm³/mol. The van der Waals surface area contributed by atoms with Crippen molar-refractivity contribution < 1.29 is 14.3 Å². The van der Waals surface area contributed by atoms with Gasteiger partial charge in [-0.05, 0) is 48.0 Å². The predicted octanol–water partition coefficient (Wildman–Crippen LogP) is 4.43. The number of fused-ring (bicyclic) bond motifs is 2. The van der Waals surface area contributed by atoms with Crippen molar-refractivity contribution in [1.29, 1.82) is 0 Å². The Morgan fingerprint density at radius 2 is 1.71 bits per heavy atom. The van der Waals surface area contributed by atoms with E-state index in [1.54, 1.807) is 30.3 Å². The van der Waals surface area contributed by atoms with Gasteiger partial charge in [0, 0.05) is 23.1 Å². The number of carbonyl (C=O) groups excluding carboxylic acids is 2. The van der Waals surface area contributed by atoms with E-state index < -0.39 is 6.10 Å². The third-order valence-corrected chi connectivity index (χ3v) is 5.17. The Morgan fingerprint density at radius 1 is 0.871 bits per heavy atom. The Kier molecular flexibility index (Phi) is 4.80. The van der Waals surface area contributed by atoms with E-state index in [4.69, 9.17) is 4.74 Å². The summed E-state index contributed by atoms with van der Waals surface area (Å²) in [7, 11) is 0. The van der Waals surface area contributed by atoms with Gasteiger partial charge >= 0.3 is 0 Å². The SMILES string of the molecule is O=C(Nc1ccc2ccccc2n1)c1cccc(NC(=O)C2Cc3ccccc3O2)c1. The number of ether oxygens (including phenoxy) is 1. The van der Waals surface area contributed by atoms with Crippen molar-refractivity contribution in [3.63, 3.8) is 0 Å². The first-order chi connectivity index (χ1) is 15.2. The van der Waals surface area contributed by atoms with Crippen LogP contribution in [0, 0.1) is 0 Å². The molecule has 5 rings (SSSR count). The van der Waals surface area contributed by atoms with Crippen molar-refractivity contribution in [2.75, 3.05) is 10.6 Å². The summed E-state index contributed by atoms with van der Waals surface area (Å²) in [5, 5.41) is 6.65. The summed E-state index contributed by atoms with van der Waals surface area (Å²) >= 11 is 0. The highest BCUT2D eigenvalue weighted by Gasteiger charge is 2.28. The quantitative estimate of drug-likeness (QED) is 0.523. The maximum atomic E-state index is 12.7. The summed E-state index contributed by atoms with van der Waals surface area (Å²) in [6.07, 6.45) is -0.0628. The molecule has 0 radical (unpaired) electrons. The number of nitrogens with one attached hydrogen (secondary N) is 2. The number of aromatic nitrogens is 1. The van der Waals surface area contributed by atoms with Gasteiger partial charge < -0.3 is 15.4 Å². The van der Waals surface area contributed by atoms with E-state index in [1.807, 2.05) is 54.6 Å². The first kappa shape index (κ1) is 18.8. The minimum absolute atomic E-state index is 0.245. The fourth-order valence-corrected chi connectivity index (χ4v) is 3.61. The lowest BCUT2D eigenvalue weighted by Gasteiger charge is -2.12. The van der Waals surface area contributed by atoms with E-state index in [9.17, 15) is 9.59 Å². The van der Waals surface area contributed by atoms with Gasteiger partial charge in [-0.1, -0.05) is 42.5 Å². The Balaban J connectivity index is 1.27. The maximum absolute atomic E-state index is 12.7. The fourth-order valence-electron chi connectivity index (χ4n) is 3.61. The van der Waals surface area contributed by atoms with Gasteiger partial charge in [0.2, 0.25) is 0 Å². The number of hydrogen-bond donors (Lipinski definition) is 2. The molecule has 6 heteroatoms. The first-order valence-electron chi connectivity index (χ1n) is 9.98. The van der Waals surface area contributed by atoms with Crippen LogP contribution in [-0.4, -0.2) is 22.9 Å². The smallest absolute Gasteiger partial charge is 0.265 e. The van der Waals surface area contributed by atoms with Gasteiger partial charge in [0.15, 0.2) is 6.10 Å². The van der Waals surface area contributed by atoms with E-state index in [-0.39, 0.29) is 11.8 Å². The lowest BCUT2D eigenvalue weighted by atomic mass is 10.1. The molecule has 1 aliphatic rings. The Labute approximate surface area is 178 Å². The van der Waals surface area contributed by atoms with Crippen LogP contribution in [0.15, 0.2) is 84.9 Å². The third kappa shape index (κ3) is 3.96. The second kappa shape index (κ2) is 7.91. The van der Waals surface area contributed by atoms with Crippen molar-refractivity contribution in [1.82, 2.24) is 4.98 Å². The molecule has 3 aromatic carbocycles. The standard InChI is InChI=1S/C25H19N3O3/c29-24(28-23-13-12-16-6-1-3-10-20(16)27-23)18-8-5-9-19(14-18)26-25(30)22-15-17-7-2-4-11-21(17)31-22/h1-14,22H,15H2,(H,26,30)(H,27,28,29). The molecule has 1 atom stereocenters. The average Bonchev–Trinajstić information content (AvgIpc) is 3.24. The molecule has 0 spiro atoms. The molecule has 31 heavy (non-hydrogen) atoms. The normalized spacial score (nSPS) is 14.5. The van der Waals surface area contributed by atoms with E-state index in [1.165, 1.54) is 0 Å². The van der Waals surface area contributed by atoms with Gasteiger partial charge in [-0.2, -0.15) is 0 Å². The highest BCUT2D eigenvalue weighted by molar-refractivity contribution is 6.05. The number of pyridine rings is 1. The molecule has 4 aromatic rings. The molecule has 2 N–H and O–H groups in total. The van der Waals surface area contributed by atoms with Crippen molar-refractivity contribution in [2.45, 2.75) is 12.5 Å². The van der Waals surface area contributed by atoms with Crippen LogP contribution >= 0.6 is 0 Å². The van der Waals surface area contributed by atoms with E-state index >= 15 is 0 Å². The Hall–Kier alpha value is -4.19. The molecule has 2 amide bonds. The number of benzene rings is 3. The van der Waals surface area contributed by atoms with Gasteiger partial charge in [0.05, 0.1) is 5.52 Å². The number of carbonyl (C=O) groups is 2. The molecule has 0 fully saturated rings. The maximum Gasteiger partial charge on any atom is 0.265 e. The molecule has 0 saturated carbocycles. The van der Waals surface area contributed by atoms with E-state index in [2.05, 4.69) is 15.6 Å². The van der Waals surface area contributed by atoms with E-state index in [0.29, 0.717) is 23.5 Å². The number of nitrogens with zero attached hydrogens (tertiary/aromatic N) is 1. The third-order valence-electron chi connectivity index (χ3n) is 5.17. The Morgan fingerprint density at radius 3 is 2.61 bits per heavy atom. The minimum Gasteiger partial charge on any atom is -0.480 e. The van der Waals surface area contributed by atoms with Crippen molar-refractivity contribution in [3.05, 3.63) is 96.1 Å².